The average molecular weight is 185 g/mol. The summed E-state index contributed by atoms with van der Waals surface area (Å²) in [5, 5.41) is 3.29. The number of rotatable bonds is 6. The zero-order chi connectivity index (χ0) is 10.5. The lowest BCUT2D eigenvalue weighted by Gasteiger charge is -2.06. The van der Waals surface area contributed by atoms with Crippen molar-refractivity contribution in [2.45, 2.75) is 59.8 Å². The van der Waals surface area contributed by atoms with E-state index in [2.05, 4.69) is 39.6 Å². The molecule has 0 spiro atoms. The predicted octanol–water partition coefficient (Wildman–Crippen LogP) is 4.11. The third-order valence-electron chi connectivity index (χ3n) is 1.46. The van der Waals surface area contributed by atoms with Gasteiger partial charge in [-0.3, -0.25) is 0 Å². The molecule has 0 saturated carbocycles. The summed E-state index contributed by atoms with van der Waals surface area (Å²) in [5.74, 6) is 0. The topological polar surface area (TPSA) is 12.0 Å². The van der Waals surface area contributed by atoms with Crippen molar-refractivity contribution in [3.63, 3.8) is 0 Å². The first-order chi connectivity index (χ1) is 6.22. The van der Waals surface area contributed by atoms with Gasteiger partial charge in [0, 0.05) is 12.2 Å². The average Bonchev–Trinajstić information content (AvgIpc) is 2.07. The van der Waals surface area contributed by atoms with Gasteiger partial charge in [0.15, 0.2) is 0 Å². The molecule has 0 aliphatic heterocycles. The summed E-state index contributed by atoms with van der Waals surface area (Å²) in [6, 6.07) is 0. The minimum atomic E-state index is 1.09. The van der Waals surface area contributed by atoms with Gasteiger partial charge < -0.3 is 5.32 Å². The Morgan fingerprint density at radius 2 is 1.62 bits per heavy atom. The van der Waals surface area contributed by atoms with Gasteiger partial charge in [-0.1, -0.05) is 53.5 Å². The molecule has 0 atom stereocenters. The Morgan fingerprint density at radius 1 is 1.08 bits per heavy atom. The molecule has 1 N–H and O–H groups in total. The Bertz CT molecular complexity index is 97.3. The van der Waals surface area contributed by atoms with E-state index in [4.69, 9.17) is 0 Å². The maximum absolute atomic E-state index is 3.91. The minimum absolute atomic E-state index is 1.09. The van der Waals surface area contributed by atoms with E-state index in [-0.39, 0.29) is 0 Å². The van der Waals surface area contributed by atoms with Gasteiger partial charge in [0.25, 0.3) is 0 Å². The molecule has 0 aromatic carbocycles. The first-order valence-electron chi connectivity index (χ1n) is 5.64. The molecule has 0 bridgehead atoms. The molecular weight excluding hydrogens is 158 g/mol. The highest BCUT2D eigenvalue weighted by Crippen LogP contribution is 1.96. The zero-order valence-electron chi connectivity index (χ0n) is 9.95. The van der Waals surface area contributed by atoms with Crippen molar-refractivity contribution < 1.29 is 0 Å². The van der Waals surface area contributed by atoms with Crippen LogP contribution in [0.3, 0.4) is 0 Å². The molecule has 0 saturated heterocycles. The fourth-order valence-electron chi connectivity index (χ4n) is 0.832. The number of hydrogen-bond donors (Lipinski definition) is 1. The van der Waals surface area contributed by atoms with Crippen LogP contribution in [0.15, 0.2) is 12.3 Å². The second-order valence-electron chi connectivity index (χ2n) is 3.34. The van der Waals surface area contributed by atoms with Gasteiger partial charge in [0.2, 0.25) is 0 Å². The molecule has 0 aromatic heterocycles. The highest BCUT2D eigenvalue weighted by atomic mass is 14.9. The second kappa shape index (κ2) is 14.1. The highest BCUT2D eigenvalue weighted by Gasteiger charge is 1.88. The molecule has 0 radical (unpaired) electrons. The van der Waals surface area contributed by atoms with E-state index in [1.54, 1.807) is 0 Å². The Morgan fingerprint density at radius 3 is 2.00 bits per heavy atom. The van der Waals surface area contributed by atoms with Crippen molar-refractivity contribution in [1.82, 2.24) is 5.32 Å². The van der Waals surface area contributed by atoms with Gasteiger partial charge in [-0.25, -0.2) is 0 Å². The van der Waals surface area contributed by atoms with Gasteiger partial charge >= 0.3 is 0 Å². The van der Waals surface area contributed by atoms with Crippen LogP contribution in [-0.2, 0) is 0 Å². The molecule has 1 heteroatoms. The number of allylic oxidation sites excluding steroid dienone is 1. The van der Waals surface area contributed by atoms with Crippen molar-refractivity contribution >= 4 is 0 Å². The van der Waals surface area contributed by atoms with Crippen LogP contribution in [0.1, 0.15) is 59.8 Å². The van der Waals surface area contributed by atoms with Crippen molar-refractivity contribution in [3.8, 4) is 0 Å². The van der Waals surface area contributed by atoms with Crippen LogP contribution >= 0.6 is 0 Å². The predicted molar refractivity (Wildman–Crippen MR) is 62.9 cm³/mol. The van der Waals surface area contributed by atoms with Crippen LogP contribution < -0.4 is 5.32 Å². The summed E-state index contributed by atoms with van der Waals surface area (Å²) in [4.78, 5) is 0. The highest BCUT2D eigenvalue weighted by molar-refractivity contribution is 4.89. The maximum Gasteiger partial charge on any atom is 0.0143 e. The Balaban J connectivity index is 0. The molecule has 0 aliphatic carbocycles. The summed E-state index contributed by atoms with van der Waals surface area (Å²) in [6.07, 6.45) is 6.07. The van der Waals surface area contributed by atoms with Crippen molar-refractivity contribution in [3.05, 3.63) is 12.3 Å². The fourth-order valence-corrected chi connectivity index (χ4v) is 0.832. The van der Waals surface area contributed by atoms with Crippen LogP contribution in [-0.4, -0.2) is 6.54 Å². The summed E-state index contributed by atoms with van der Waals surface area (Å²) < 4.78 is 0. The lowest BCUT2D eigenvalue weighted by molar-refractivity contribution is 0.681. The smallest absolute Gasteiger partial charge is 0.0143 e. The van der Waals surface area contributed by atoms with Crippen molar-refractivity contribution in [1.29, 1.82) is 0 Å². The first kappa shape index (κ1) is 15.0. The summed E-state index contributed by atoms with van der Waals surface area (Å²) >= 11 is 0. The molecule has 80 valence electrons. The molecule has 0 amide bonds. The van der Waals surface area contributed by atoms with E-state index in [0.29, 0.717) is 0 Å². The Kier molecular flexibility index (Phi) is 16.3. The van der Waals surface area contributed by atoms with Gasteiger partial charge in [0.05, 0.1) is 0 Å². The third kappa shape index (κ3) is 18.5. The second-order valence-corrected chi connectivity index (χ2v) is 3.34. The lowest BCUT2D eigenvalue weighted by atomic mass is 10.2. The van der Waals surface area contributed by atoms with Crippen LogP contribution in [0.4, 0.5) is 0 Å². The van der Waals surface area contributed by atoms with Crippen LogP contribution in [0, 0.1) is 0 Å². The third-order valence-corrected chi connectivity index (χ3v) is 1.46. The number of unbranched alkanes of at least 4 members (excludes halogenated alkanes) is 1. The molecule has 0 unspecified atom stereocenters. The molecule has 1 nitrogen and oxygen atoms in total. The molecule has 0 heterocycles. The zero-order valence-corrected chi connectivity index (χ0v) is 9.95. The SMILES string of the molecule is C=C(CCC)NCCCC.CCC. The first-order valence-corrected chi connectivity index (χ1v) is 5.64. The van der Waals surface area contributed by atoms with Crippen LogP contribution in [0.25, 0.3) is 0 Å². The van der Waals surface area contributed by atoms with E-state index < -0.39 is 0 Å². The van der Waals surface area contributed by atoms with Crippen molar-refractivity contribution in [2.75, 3.05) is 6.54 Å². The normalized spacial score (nSPS) is 8.62. The largest absolute Gasteiger partial charge is 0.389 e. The van der Waals surface area contributed by atoms with Gasteiger partial charge in [-0.2, -0.15) is 0 Å². The molecule has 0 fully saturated rings. The van der Waals surface area contributed by atoms with E-state index in [0.717, 1.165) is 13.0 Å². The Hall–Kier alpha value is -0.460. The number of hydrogen-bond acceptors (Lipinski definition) is 1. The summed E-state index contributed by atoms with van der Waals surface area (Å²) in [5.41, 5.74) is 1.19. The molecule has 13 heavy (non-hydrogen) atoms. The van der Waals surface area contributed by atoms with Gasteiger partial charge in [-0.05, 0) is 12.8 Å². The molecule has 0 aliphatic rings. The van der Waals surface area contributed by atoms with Crippen LogP contribution in [0.5, 0.6) is 0 Å². The van der Waals surface area contributed by atoms with E-state index in [1.165, 1.54) is 31.4 Å². The van der Waals surface area contributed by atoms with Crippen molar-refractivity contribution in [2.24, 2.45) is 0 Å². The minimum Gasteiger partial charge on any atom is -0.389 e. The molecule has 0 aromatic rings. The van der Waals surface area contributed by atoms with Gasteiger partial charge in [-0.15, -0.1) is 0 Å². The monoisotopic (exact) mass is 185 g/mol. The quantitative estimate of drug-likeness (QED) is 0.614. The fraction of sp³-hybridized carbons (Fsp3) is 0.833. The molecular formula is C12H27N. The van der Waals surface area contributed by atoms with E-state index in [9.17, 15) is 0 Å². The maximum atomic E-state index is 3.91. The summed E-state index contributed by atoms with van der Waals surface area (Å²) in [7, 11) is 0. The lowest BCUT2D eigenvalue weighted by Crippen LogP contribution is -2.13. The van der Waals surface area contributed by atoms with Gasteiger partial charge in [0.1, 0.15) is 0 Å². The number of nitrogens with one attached hydrogen (secondary N) is 1. The van der Waals surface area contributed by atoms with E-state index in [1.807, 2.05) is 0 Å². The summed E-state index contributed by atoms with van der Waals surface area (Å²) in [6.45, 7) is 13.6. The standard InChI is InChI=1S/C9H19N.C3H8/c1-4-6-8-10-9(3)7-5-2;1-3-2/h10H,3-8H2,1-2H3;3H2,1-2H3. The molecule has 0 rings (SSSR count). The van der Waals surface area contributed by atoms with Crippen LogP contribution in [0.2, 0.25) is 0 Å². The van der Waals surface area contributed by atoms with E-state index >= 15 is 0 Å². The Labute approximate surface area is 84.6 Å².